The first kappa shape index (κ1) is 23.3. The Bertz CT molecular complexity index is 1250. The predicted molar refractivity (Wildman–Crippen MR) is 127 cm³/mol. The lowest BCUT2D eigenvalue weighted by molar-refractivity contribution is -0.129. The van der Waals surface area contributed by atoms with Crippen molar-refractivity contribution in [2.75, 3.05) is 46.2 Å². The normalized spacial score (nSPS) is 14.9. The molecule has 1 aromatic heterocycles. The predicted octanol–water partition coefficient (Wildman–Crippen LogP) is 2.88. The molecule has 0 unspecified atom stereocenters. The molecule has 0 aliphatic carbocycles. The van der Waals surface area contributed by atoms with Gasteiger partial charge in [0, 0.05) is 48.7 Å². The molecule has 0 radical (unpaired) electrons. The van der Waals surface area contributed by atoms with E-state index in [1.807, 2.05) is 30.3 Å². The van der Waals surface area contributed by atoms with Crippen LogP contribution in [0.5, 0.6) is 11.5 Å². The third-order valence-corrected chi connectivity index (χ3v) is 8.52. The Morgan fingerprint density at radius 3 is 2.52 bits per heavy atom. The smallest absolute Gasteiger partial charge is 0.247 e. The fourth-order valence-electron chi connectivity index (χ4n) is 3.73. The van der Waals surface area contributed by atoms with Crippen LogP contribution >= 0.6 is 11.8 Å². The Hall–Kier alpha value is -2.82. The lowest BCUT2D eigenvalue weighted by Gasteiger charge is -2.34. The van der Waals surface area contributed by atoms with E-state index in [1.165, 1.54) is 36.4 Å². The summed E-state index contributed by atoms with van der Waals surface area (Å²) >= 11 is 1.47. The number of fused-ring (bicyclic) bond motifs is 1. The topological polar surface area (TPSA) is 89.0 Å². The van der Waals surface area contributed by atoms with E-state index in [9.17, 15) is 13.2 Å². The van der Waals surface area contributed by atoms with Crippen LogP contribution in [-0.4, -0.2) is 74.7 Å². The molecule has 33 heavy (non-hydrogen) atoms. The van der Waals surface area contributed by atoms with Gasteiger partial charge in [0.25, 0.3) is 0 Å². The molecule has 0 atom stereocenters. The van der Waals surface area contributed by atoms with Crippen LogP contribution in [0.1, 0.15) is 0 Å². The van der Waals surface area contributed by atoms with Crippen molar-refractivity contribution in [3.05, 3.63) is 54.7 Å². The average molecular weight is 488 g/mol. The van der Waals surface area contributed by atoms with Gasteiger partial charge in [0.1, 0.15) is 16.4 Å². The molecule has 3 aromatic rings. The number of hydrogen-bond donors (Lipinski definition) is 0. The number of amides is 1. The van der Waals surface area contributed by atoms with Crippen molar-refractivity contribution in [2.45, 2.75) is 9.79 Å². The molecular formula is C23H25N3O5S2. The zero-order chi connectivity index (χ0) is 23.4. The summed E-state index contributed by atoms with van der Waals surface area (Å²) in [6.45, 7) is 1.11. The minimum absolute atomic E-state index is 0.0168. The molecule has 1 aliphatic rings. The number of hydrogen-bond acceptors (Lipinski definition) is 7. The summed E-state index contributed by atoms with van der Waals surface area (Å²) in [7, 11) is -0.875. The van der Waals surface area contributed by atoms with Gasteiger partial charge in [-0.1, -0.05) is 18.2 Å². The van der Waals surface area contributed by atoms with Crippen LogP contribution in [0.4, 0.5) is 0 Å². The van der Waals surface area contributed by atoms with Gasteiger partial charge in [-0.05, 0) is 24.3 Å². The van der Waals surface area contributed by atoms with Crippen molar-refractivity contribution >= 4 is 38.6 Å². The van der Waals surface area contributed by atoms with E-state index in [4.69, 9.17) is 9.47 Å². The summed E-state index contributed by atoms with van der Waals surface area (Å²) in [5.41, 5.74) is 0.891. The molecule has 10 heteroatoms. The van der Waals surface area contributed by atoms with Crippen LogP contribution in [0.2, 0.25) is 0 Å². The number of sulfonamides is 1. The maximum atomic E-state index is 13.2. The zero-order valence-corrected chi connectivity index (χ0v) is 20.1. The van der Waals surface area contributed by atoms with Gasteiger partial charge in [0.05, 0.1) is 25.5 Å². The van der Waals surface area contributed by atoms with Crippen LogP contribution in [-0.2, 0) is 14.8 Å². The Kier molecular flexibility index (Phi) is 7.06. The first-order chi connectivity index (χ1) is 15.9. The molecule has 2 aromatic carbocycles. The van der Waals surface area contributed by atoms with E-state index >= 15 is 0 Å². The summed E-state index contributed by atoms with van der Waals surface area (Å²) in [6.07, 6.45) is 1.74. The van der Waals surface area contributed by atoms with Gasteiger partial charge in [0.2, 0.25) is 15.9 Å². The number of benzene rings is 2. The number of thioether (sulfide) groups is 1. The van der Waals surface area contributed by atoms with Crippen molar-refractivity contribution in [3.63, 3.8) is 0 Å². The molecule has 1 amide bonds. The second-order valence-electron chi connectivity index (χ2n) is 7.42. The zero-order valence-electron chi connectivity index (χ0n) is 18.4. The van der Waals surface area contributed by atoms with E-state index in [2.05, 4.69) is 4.98 Å². The Morgan fingerprint density at radius 1 is 1.03 bits per heavy atom. The molecule has 2 heterocycles. The number of carbonyl (C=O) groups is 1. The van der Waals surface area contributed by atoms with E-state index in [1.54, 1.807) is 23.2 Å². The summed E-state index contributed by atoms with van der Waals surface area (Å²) in [6, 6.07) is 14.4. The number of rotatable bonds is 7. The maximum absolute atomic E-state index is 13.2. The molecule has 0 spiro atoms. The molecular weight excluding hydrogens is 462 g/mol. The van der Waals surface area contributed by atoms with Crippen molar-refractivity contribution in [3.8, 4) is 11.5 Å². The second-order valence-corrected chi connectivity index (χ2v) is 10.3. The molecule has 1 aliphatic heterocycles. The number of para-hydroxylation sites is 1. The van der Waals surface area contributed by atoms with E-state index in [0.717, 1.165) is 15.8 Å². The van der Waals surface area contributed by atoms with Gasteiger partial charge < -0.3 is 14.4 Å². The highest BCUT2D eigenvalue weighted by Crippen LogP contribution is 2.31. The molecule has 1 saturated heterocycles. The van der Waals surface area contributed by atoms with Crippen LogP contribution in [0.25, 0.3) is 10.9 Å². The average Bonchev–Trinajstić information content (AvgIpc) is 2.86. The van der Waals surface area contributed by atoms with E-state index in [0.29, 0.717) is 18.8 Å². The maximum Gasteiger partial charge on any atom is 0.247 e. The van der Waals surface area contributed by atoms with E-state index < -0.39 is 10.0 Å². The van der Waals surface area contributed by atoms with Crippen molar-refractivity contribution < 1.29 is 22.7 Å². The molecule has 0 N–H and O–H groups in total. The second kappa shape index (κ2) is 9.98. The van der Waals surface area contributed by atoms with Crippen LogP contribution in [0.15, 0.2) is 64.5 Å². The number of ether oxygens (including phenoxy) is 2. The first-order valence-electron chi connectivity index (χ1n) is 10.4. The number of piperazine rings is 1. The summed E-state index contributed by atoms with van der Waals surface area (Å²) in [5, 5.41) is 1.01. The number of methoxy groups -OCH3 is 2. The molecule has 0 saturated carbocycles. The minimum atomic E-state index is -3.79. The van der Waals surface area contributed by atoms with Gasteiger partial charge in [-0.3, -0.25) is 9.78 Å². The van der Waals surface area contributed by atoms with Crippen molar-refractivity contribution in [1.29, 1.82) is 0 Å². The lowest BCUT2D eigenvalue weighted by Crippen LogP contribution is -2.51. The SMILES string of the molecule is COc1ccc(OC)c(S(=O)(=O)N2CCN(C(=O)CSc3ccnc4ccccc34)CC2)c1. The highest BCUT2D eigenvalue weighted by molar-refractivity contribution is 8.00. The van der Waals surface area contributed by atoms with Crippen molar-refractivity contribution in [2.24, 2.45) is 0 Å². The molecule has 0 bridgehead atoms. The summed E-state index contributed by atoms with van der Waals surface area (Å²) < 4.78 is 38.3. The van der Waals surface area contributed by atoms with Crippen LogP contribution in [0, 0.1) is 0 Å². The van der Waals surface area contributed by atoms with E-state index in [-0.39, 0.29) is 35.4 Å². The molecule has 4 rings (SSSR count). The summed E-state index contributed by atoms with van der Waals surface area (Å²) in [4.78, 5) is 19.9. The number of pyridine rings is 1. The monoisotopic (exact) mass is 487 g/mol. The van der Waals surface area contributed by atoms with Crippen LogP contribution in [0.3, 0.4) is 0 Å². The quantitative estimate of drug-likeness (QED) is 0.474. The van der Waals surface area contributed by atoms with Crippen molar-refractivity contribution in [1.82, 2.24) is 14.2 Å². The molecule has 8 nitrogen and oxygen atoms in total. The third kappa shape index (κ3) is 4.92. The molecule has 174 valence electrons. The standard InChI is InChI=1S/C23H25N3O5S2/c1-30-17-7-8-20(31-2)22(15-17)33(28,29)26-13-11-25(12-14-26)23(27)16-32-21-9-10-24-19-6-4-3-5-18(19)21/h3-10,15H,11-14,16H2,1-2H3. The Labute approximate surface area is 197 Å². The number of nitrogens with zero attached hydrogens (tertiary/aromatic N) is 3. The van der Waals surface area contributed by atoms with Gasteiger partial charge in [-0.15, -0.1) is 11.8 Å². The van der Waals surface area contributed by atoms with Gasteiger partial charge in [0.15, 0.2) is 0 Å². The largest absolute Gasteiger partial charge is 0.497 e. The number of carbonyl (C=O) groups excluding carboxylic acids is 1. The van der Waals surface area contributed by atoms with Gasteiger partial charge in [-0.25, -0.2) is 8.42 Å². The Morgan fingerprint density at radius 2 is 1.79 bits per heavy atom. The summed E-state index contributed by atoms with van der Waals surface area (Å²) in [5.74, 6) is 0.959. The van der Waals surface area contributed by atoms with Crippen LogP contribution < -0.4 is 9.47 Å². The Balaban J connectivity index is 1.40. The lowest BCUT2D eigenvalue weighted by atomic mass is 10.2. The highest BCUT2D eigenvalue weighted by Gasteiger charge is 2.32. The first-order valence-corrected chi connectivity index (χ1v) is 12.8. The molecule has 1 fully saturated rings. The minimum Gasteiger partial charge on any atom is -0.497 e. The fourth-order valence-corrected chi connectivity index (χ4v) is 6.27. The number of aromatic nitrogens is 1. The fraction of sp³-hybridized carbons (Fsp3) is 0.304. The highest BCUT2D eigenvalue weighted by atomic mass is 32.2. The van der Waals surface area contributed by atoms with Gasteiger partial charge >= 0.3 is 0 Å². The van der Waals surface area contributed by atoms with Gasteiger partial charge in [-0.2, -0.15) is 4.31 Å². The third-order valence-electron chi connectivity index (χ3n) is 5.54.